The van der Waals surface area contributed by atoms with Gasteiger partial charge in [-0.3, -0.25) is 9.68 Å². The summed E-state index contributed by atoms with van der Waals surface area (Å²) in [6, 6.07) is 6.54. The highest BCUT2D eigenvalue weighted by molar-refractivity contribution is 7.73. The Labute approximate surface area is 148 Å². The normalized spacial score (nSPS) is 18.6. The van der Waals surface area contributed by atoms with Crippen LogP contribution in [0.25, 0.3) is 0 Å². The molecule has 2 aromatic rings. The average Bonchev–Trinajstić information content (AvgIpc) is 3.10. The third kappa shape index (κ3) is 3.59. The molecule has 3 heterocycles. The summed E-state index contributed by atoms with van der Waals surface area (Å²) < 4.78 is 24.0. The van der Waals surface area contributed by atoms with Crippen LogP contribution < -0.4 is 9.64 Å². The molecule has 2 aliphatic rings. The summed E-state index contributed by atoms with van der Waals surface area (Å²) in [6.07, 6.45) is 4.00. The van der Waals surface area contributed by atoms with Gasteiger partial charge in [0.25, 0.3) is 0 Å². The van der Waals surface area contributed by atoms with Gasteiger partial charge in [0.15, 0.2) is 0 Å². The minimum atomic E-state index is -2.13. The number of anilines is 1. The number of hydrogen-bond donors (Lipinski definition) is 2. The Balaban J connectivity index is 1.35. The van der Waals surface area contributed by atoms with Gasteiger partial charge in [-0.2, -0.15) is 0 Å². The van der Waals surface area contributed by atoms with Crippen LogP contribution in [0.3, 0.4) is 0 Å². The zero-order valence-corrected chi connectivity index (χ0v) is 14.8. The number of ether oxygens (including phenoxy) is 1. The molecule has 0 bridgehead atoms. The van der Waals surface area contributed by atoms with Crippen molar-refractivity contribution in [1.29, 1.82) is 4.78 Å². The molecule has 25 heavy (non-hydrogen) atoms. The number of piperazine rings is 1. The van der Waals surface area contributed by atoms with E-state index in [4.69, 9.17) is 9.52 Å². The molecule has 8 heteroatoms. The van der Waals surface area contributed by atoms with Crippen LogP contribution in [-0.2, 0) is 23.6 Å². The van der Waals surface area contributed by atoms with Crippen LogP contribution in [0.1, 0.15) is 11.1 Å². The Kier molecular flexibility index (Phi) is 4.54. The molecule has 0 aliphatic carbocycles. The van der Waals surface area contributed by atoms with Gasteiger partial charge in [0.1, 0.15) is 5.75 Å². The highest BCUT2D eigenvalue weighted by Crippen LogP contribution is 2.26. The lowest BCUT2D eigenvalue weighted by Crippen LogP contribution is -2.46. The minimum Gasteiger partial charge on any atom is -0.493 e. The molecule has 1 aromatic carbocycles. The molecule has 7 nitrogen and oxygen atoms in total. The van der Waals surface area contributed by atoms with Gasteiger partial charge in [-0.1, -0.05) is 12.1 Å². The van der Waals surface area contributed by atoms with E-state index in [2.05, 4.69) is 38.0 Å². The fraction of sp³-hybridized carbons (Fsp3) is 0.412. The first-order chi connectivity index (χ1) is 12.2. The fourth-order valence-electron chi connectivity index (χ4n) is 3.26. The zero-order chi connectivity index (χ0) is 17.2. The number of rotatable bonds is 4. The van der Waals surface area contributed by atoms with Crippen molar-refractivity contribution in [3.8, 4) is 5.75 Å². The molecule has 1 fully saturated rings. The van der Waals surface area contributed by atoms with Crippen LogP contribution in [0.2, 0.25) is 0 Å². The standard InChI is InChI=1S/C17H21N5O2S/c18-25(23)15-10-19-17(20-11-15)22-6-4-21(5-7-22)12-13-1-2-14-3-8-24-16(14)9-13/h1-2,9-11,18,25H,3-8,12H2. The molecule has 0 amide bonds. The van der Waals surface area contributed by atoms with E-state index in [1.807, 2.05) is 0 Å². The highest BCUT2D eigenvalue weighted by atomic mass is 32.2. The fourth-order valence-corrected chi connectivity index (χ4v) is 3.58. The molecule has 2 aliphatic heterocycles. The Bertz CT molecular complexity index is 821. The first-order valence-corrected chi connectivity index (χ1v) is 9.67. The van der Waals surface area contributed by atoms with Crippen LogP contribution in [0.4, 0.5) is 5.95 Å². The zero-order valence-electron chi connectivity index (χ0n) is 13.9. The quantitative estimate of drug-likeness (QED) is 0.802. The van der Waals surface area contributed by atoms with E-state index in [1.165, 1.54) is 23.5 Å². The maximum absolute atomic E-state index is 11.1. The number of benzene rings is 1. The van der Waals surface area contributed by atoms with Gasteiger partial charge in [-0.05, 0) is 17.2 Å². The van der Waals surface area contributed by atoms with Crippen molar-refractivity contribution in [2.75, 3.05) is 37.7 Å². The van der Waals surface area contributed by atoms with E-state index in [0.29, 0.717) is 10.8 Å². The molecule has 0 spiro atoms. The number of hydrogen-bond acceptors (Lipinski definition) is 7. The number of nitrogens with zero attached hydrogens (tertiary/aromatic N) is 4. The summed E-state index contributed by atoms with van der Waals surface area (Å²) in [4.78, 5) is 13.4. The van der Waals surface area contributed by atoms with Crippen molar-refractivity contribution < 1.29 is 8.95 Å². The largest absolute Gasteiger partial charge is 0.493 e. The smallest absolute Gasteiger partial charge is 0.225 e. The maximum atomic E-state index is 11.1. The summed E-state index contributed by atoms with van der Waals surface area (Å²) in [6.45, 7) is 5.31. The van der Waals surface area contributed by atoms with Gasteiger partial charge in [0.05, 0.1) is 22.1 Å². The van der Waals surface area contributed by atoms with E-state index in [0.717, 1.165) is 51.5 Å². The van der Waals surface area contributed by atoms with Crippen molar-refractivity contribution in [3.63, 3.8) is 0 Å². The lowest BCUT2D eigenvalue weighted by Gasteiger charge is -2.34. The predicted octanol–water partition coefficient (Wildman–Crippen LogP) is 1.34. The van der Waals surface area contributed by atoms with E-state index >= 15 is 0 Å². The van der Waals surface area contributed by atoms with Crippen LogP contribution in [0, 0.1) is 4.78 Å². The van der Waals surface area contributed by atoms with Crippen molar-refractivity contribution in [2.24, 2.45) is 0 Å². The topological polar surface area (TPSA) is 82.4 Å². The molecule has 4 rings (SSSR count). The number of aromatic nitrogens is 2. The van der Waals surface area contributed by atoms with Crippen molar-refractivity contribution in [3.05, 3.63) is 41.7 Å². The third-order valence-corrected chi connectivity index (χ3v) is 5.38. The number of fused-ring (bicyclic) bond motifs is 1. The molecule has 1 saturated heterocycles. The Hall–Kier alpha value is -2.19. The predicted molar refractivity (Wildman–Crippen MR) is 95.7 cm³/mol. The van der Waals surface area contributed by atoms with E-state index < -0.39 is 10.6 Å². The van der Waals surface area contributed by atoms with Crippen molar-refractivity contribution in [1.82, 2.24) is 14.9 Å². The Morgan fingerprint density at radius 2 is 1.92 bits per heavy atom. The van der Waals surface area contributed by atoms with Gasteiger partial charge in [-0.15, -0.1) is 0 Å². The SMILES string of the molecule is N=[SH](=O)c1cnc(N2CCN(Cc3ccc4c(c3)OCC4)CC2)nc1. The second kappa shape index (κ2) is 6.97. The molecule has 1 unspecified atom stereocenters. The van der Waals surface area contributed by atoms with Crippen LogP contribution in [0.15, 0.2) is 35.5 Å². The molecule has 132 valence electrons. The average molecular weight is 359 g/mol. The van der Waals surface area contributed by atoms with Gasteiger partial charge in [0, 0.05) is 51.5 Å². The number of thiol groups is 1. The molecule has 0 saturated carbocycles. The van der Waals surface area contributed by atoms with Crippen molar-refractivity contribution in [2.45, 2.75) is 17.9 Å². The molecule has 1 atom stereocenters. The van der Waals surface area contributed by atoms with Gasteiger partial charge in [0.2, 0.25) is 5.95 Å². The van der Waals surface area contributed by atoms with Crippen LogP contribution in [0.5, 0.6) is 5.75 Å². The molecule has 1 aromatic heterocycles. The van der Waals surface area contributed by atoms with Gasteiger partial charge >= 0.3 is 0 Å². The summed E-state index contributed by atoms with van der Waals surface area (Å²) in [5.41, 5.74) is 2.59. The summed E-state index contributed by atoms with van der Waals surface area (Å²) >= 11 is 0. The summed E-state index contributed by atoms with van der Waals surface area (Å²) in [5.74, 6) is 1.68. The summed E-state index contributed by atoms with van der Waals surface area (Å²) in [5, 5.41) is 0. The van der Waals surface area contributed by atoms with Gasteiger partial charge in [-0.25, -0.2) is 14.2 Å². The van der Waals surface area contributed by atoms with E-state index in [-0.39, 0.29) is 0 Å². The highest BCUT2D eigenvalue weighted by Gasteiger charge is 2.20. The second-order valence-corrected chi connectivity index (χ2v) is 7.44. The first-order valence-electron chi connectivity index (χ1n) is 8.41. The monoisotopic (exact) mass is 359 g/mol. The first kappa shape index (κ1) is 16.3. The second-order valence-electron chi connectivity index (χ2n) is 6.34. The lowest BCUT2D eigenvalue weighted by atomic mass is 10.1. The van der Waals surface area contributed by atoms with Gasteiger partial charge < -0.3 is 9.64 Å². The molecule has 1 N–H and O–H groups in total. The van der Waals surface area contributed by atoms with Crippen molar-refractivity contribution >= 4 is 16.5 Å². The Morgan fingerprint density at radius 3 is 2.64 bits per heavy atom. The molecule has 0 radical (unpaired) electrons. The number of nitrogens with one attached hydrogen (secondary N) is 1. The minimum absolute atomic E-state index is 0.371. The third-order valence-electron chi connectivity index (χ3n) is 4.68. The van der Waals surface area contributed by atoms with E-state index in [1.54, 1.807) is 0 Å². The van der Waals surface area contributed by atoms with Crippen LogP contribution in [-0.4, -0.2) is 51.9 Å². The Morgan fingerprint density at radius 1 is 1.16 bits per heavy atom. The maximum Gasteiger partial charge on any atom is 0.225 e. The van der Waals surface area contributed by atoms with Crippen LogP contribution >= 0.6 is 0 Å². The van der Waals surface area contributed by atoms with E-state index in [9.17, 15) is 4.21 Å². The lowest BCUT2D eigenvalue weighted by molar-refractivity contribution is 0.248. The molecular weight excluding hydrogens is 338 g/mol. The molecular formula is C17H21N5O2S. The summed E-state index contributed by atoms with van der Waals surface area (Å²) in [7, 11) is -2.13.